The Morgan fingerprint density at radius 1 is 1.39 bits per heavy atom. The summed E-state index contributed by atoms with van der Waals surface area (Å²) in [5.41, 5.74) is 1.04. The Bertz CT molecular complexity index is 1260. The average molecular weight is 513 g/mol. The molecule has 3 heterocycles. The van der Waals surface area contributed by atoms with Crippen LogP contribution in [0.25, 0.3) is 10.9 Å². The standard InChI is InChI=1S/C20H17BrClF2N5O2/c1-29-13-5-4-10(26-17-12(21)7-25-19(22)28-17)6-11(13)14-15(18(29)30)31-8-20(23,24)16(27-14)9-2-3-9/h4-7,9,16,27H,2-3,8H2,1H3,(H,25,26,28)/t16-/m0/s1. The highest BCUT2D eigenvalue weighted by Crippen LogP contribution is 2.45. The van der Waals surface area contributed by atoms with E-state index in [2.05, 4.69) is 36.5 Å². The molecule has 1 aromatic carbocycles. The van der Waals surface area contributed by atoms with Crippen molar-refractivity contribution in [1.29, 1.82) is 0 Å². The molecule has 2 N–H and O–H groups in total. The first kappa shape index (κ1) is 20.4. The monoisotopic (exact) mass is 511 g/mol. The van der Waals surface area contributed by atoms with Gasteiger partial charge in [-0.25, -0.2) is 13.8 Å². The normalized spacial score (nSPS) is 19.8. The minimum atomic E-state index is -3.09. The molecule has 31 heavy (non-hydrogen) atoms. The van der Waals surface area contributed by atoms with Crippen LogP contribution in [0.5, 0.6) is 5.75 Å². The van der Waals surface area contributed by atoms with Crippen molar-refractivity contribution in [3.8, 4) is 5.75 Å². The van der Waals surface area contributed by atoms with Gasteiger partial charge in [-0.3, -0.25) is 4.79 Å². The molecule has 1 aliphatic carbocycles. The van der Waals surface area contributed by atoms with Crippen LogP contribution in [0.4, 0.5) is 26.0 Å². The summed E-state index contributed by atoms with van der Waals surface area (Å²) >= 11 is 9.25. The van der Waals surface area contributed by atoms with E-state index in [4.69, 9.17) is 16.3 Å². The van der Waals surface area contributed by atoms with Gasteiger partial charge in [-0.05, 0) is 64.5 Å². The molecule has 0 bridgehead atoms. The van der Waals surface area contributed by atoms with Crippen LogP contribution in [-0.4, -0.2) is 33.1 Å². The lowest BCUT2D eigenvalue weighted by Crippen LogP contribution is -2.44. The second-order valence-electron chi connectivity index (χ2n) is 7.77. The van der Waals surface area contributed by atoms with Gasteiger partial charge in [0.1, 0.15) is 5.82 Å². The molecule has 2 aromatic heterocycles. The summed E-state index contributed by atoms with van der Waals surface area (Å²) < 4.78 is 36.8. The summed E-state index contributed by atoms with van der Waals surface area (Å²) in [6.45, 7) is -0.834. The van der Waals surface area contributed by atoms with Gasteiger partial charge in [0.2, 0.25) is 11.0 Å². The summed E-state index contributed by atoms with van der Waals surface area (Å²) in [6.07, 6.45) is 2.97. The third-order valence-corrected chi connectivity index (χ3v) is 6.35. The van der Waals surface area contributed by atoms with Crippen molar-refractivity contribution in [2.24, 2.45) is 13.0 Å². The van der Waals surface area contributed by atoms with Crippen molar-refractivity contribution < 1.29 is 13.5 Å². The number of hydrogen-bond donors (Lipinski definition) is 2. The van der Waals surface area contributed by atoms with Gasteiger partial charge in [-0.1, -0.05) is 0 Å². The maximum Gasteiger partial charge on any atom is 0.301 e. The van der Waals surface area contributed by atoms with E-state index >= 15 is 0 Å². The van der Waals surface area contributed by atoms with E-state index in [0.29, 0.717) is 26.9 Å². The number of anilines is 3. The predicted octanol–water partition coefficient (Wildman–Crippen LogP) is 4.71. The molecule has 1 atom stereocenters. The Kier molecular flexibility index (Phi) is 4.82. The first-order chi connectivity index (χ1) is 14.7. The molecule has 3 aromatic rings. The van der Waals surface area contributed by atoms with E-state index in [1.807, 2.05) is 0 Å². The second kappa shape index (κ2) is 7.30. The Labute approximate surface area is 188 Å². The third-order valence-electron chi connectivity index (χ3n) is 5.59. The Morgan fingerprint density at radius 2 is 2.16 bits per heavy atom. The van der Waals surface area contributed by atoms with Crippen molar-refractivity contribution in [1.82, 2.24) is 14.5 Å². The fraction of sp³-hybridized carbons (Fsp3) is 0.350. The number of benzene rings is 1. The SMILES string of the molecule is Cn1c(=O)c2c(c3cc(Nc4nc(Cl)ncc4Br)ccc31)N[C@@H](C1CC1)C(F)(F)CO2. The molecule has 7 nitrogen and oxygen atoms in total. The predicted molar refractivity (Wildman–Crippen MR) is 118 cm³/mol. The van der Waals surface area contributed by atoms with Gasteiger partial charge in [0.05, 0.1) is 21.7 Å². The maximum absolute atomic E-state index is 14.7. The van der Waals surface area contributed by atoms with Crippen molar-refractivity contribution >= 4 is 55.6 Å². The Morgan fingerprint density at radius 3 is 2.90 bits per heavy atom. The number of fused-ring (bicyclic) bond motifs is 3. The Balaban J connectivity index is 1.65. The second-order valence-corrected chi connectivity index (χ2v) is 8.96. The molecule has 0 unspecified atom stereocenters. The molecule has 11 heteroatoms. The fourth-order valence-corrected chi connectivity index (χ4v) is 4.28. The van der Waals surface area contributed by atoms with Crippen LogP contribution in [0.2, 0.25) is 5.28 Å². The van der Waals surface area contributed by atoms with Gasteiger partial charge in [0.25, 0.3) is 5.56 Å². The molecule has 162 valence electrons. The van der Waals surface area contributed by atoms with Crippen LogP contribution < -0.4 is 20.9 Å². The van der Waals surface area contributed by atoms with Gasteiger partial charge in [-0.15, -0.1) is 0 Å². The van der Waals surface area contributed by atoms with Crippen molar-refractivity contribution in [3.63, 3.8) is 0 Å². The zero-order chi connectivity index (χ0) is 21.9. The molecular formula is C20H17BrClF2N5O2. The summed E-state index contributed by atoms with van der Waals surface area (Å²) in [5, 5.41) is 6.76. The number of hydrogen-bond acceptors (Lipinski definition) is 6. The number of aryl methyl sites for hydroxylation is 1. The minimum Gasteiger partial charge on any atom is -0.480 e. The molecule has 5 rings (SSSR count). The highest BCUT2D eigenvalue weighted by molar-refractivity contribution is 9.10. The van der Waals surface area contributed by atoms with Crippen LogP contribution in [0.15, 0.2) is 33.7 Å². The number of aromatic nitrogens is 3. The summed E-state index contributed by atoms with van der Waals surface area (Å²) in [4.78, 5) is 20.9. The number of halogens is 4. The zero-order valence-corrected chi connectivity index (χ0v) is 18.6. The van der Waals surface area contributed by atoms with Crippen LogP contribution in [0, 0.1) is 5.92 Å². The van der Waals surface area contributed by atoms with E-state index < -0.39 is 24.1 Å². The average Bonchev–Trinajstić information content (AvgIpc) is 3.56. The van der Waals surface area contributed by atoms with E-state index in [9.17, 15) is 13.6 Å². The quantitative estimate of drug-likeness (QED) is 0.495. The molecule has 2 aliphatic rings. The van der Waals surface area contributed by atoms with Crippen molar-refractivity contribution in [2.75, 3.05) is 17.2 Å². The third kappa shape index (κ3) is 3.61. The fourth-order valence-electron chi connectivity index (χ4n) is 3.86. The summed E-state index contributed by atoms with van der Waals surface area (Å²) in [6, 6.07) is 4.18. The van der Waals surface area contributed by atoms with E-state index in [1.165, 1.54) is 10.8 Å². The van der Waals surface area contributed by atoms with Crippen molar-refractivity contribution in [2.45, 2.75) is 24.8 Å². The number of alkyl halides is 2. The van der Waals surface area contributed by atoms with Crippen LogP contribution in [0.3, 0.4) is 0 Å². The van der Waals surface area contributed by atoms with Crippen LogP contribution in [-0.2, 0) is 7.05 Å². The first-order valence-corrected chi connectivity index (χ1v) is 10.8. The zero-order valence-electron chi connectivity index (χ0n) is 16.3. The highest BCUT2D eigenvalue weighted by atomic mass is 79.9. The van der Waals surface area contributed by atoms with Gasteiger partial charge < -0.3 is 19.9 Å². The first-order valence-electron chi connectivity index (χ1n) is 9.63. The lowest BCUT2D eigenvalue weighted by molar-refractivity contribution is -0.0579. The number of rotatable bonds is 3. The molecule has 1 fully saturated rings. The molecule has 0 radical (unpaired) electrons. The molecular weight excluding hydrogens is 496 g/mol. The highest BCUT2D eigenvalue weighted by Gasteiger charge is 2.51. The molecule has 1 saturated carbocycles. The topological polar surface area (TPSA) is 81.1 Å². The number of pyridine rings is 1. The van der Waals surface area contributed by atoms with Gasteiger partial charge in [0.15, 0.2) is 6.61 Å². The van der Waals surface area contributed by atoms with E-state index in [1.54, 1.807) is 25.2 Å². The number of ether oxygens (including phenoxy) is 1. The summed E-state index contributed by atoms with van der Waals surface area (Å²) in [7, 11) is 1.59. The minimum absolute atomic E-state index is 0.0762. The summed E-state index contributed by atoms with van der Waals surface area (Å²) in [5.74, 6) is -2.89. The van der Waals surface area contributed by atoms with Gasteiger partial charge in [0, 0.05) is 24.3 Å². The van der Waals surface area contributed by atoms with Crippen LogP contribution in [0.1, 0.15) is 12.8 Å². The van der Waals surface area contributed by atoms with Gasteiger partial charge >= 0.3 is 5.92 Å². The Hall–Kier alpha value is -2.46. The van der Waals surface area contributed by atoms with E-state index in [0.717, 1.165) is 12.8 Å². The number of nitrogens with zero attached hydrogens (tertiary/aromatic N) is 3. The molecule has 0 spiro atoms. The lowest BCUT2D eigenvalue weighted by atomic mass is 10.0. The largest absolute Gasteiger partial charge is 0.480 e. The van der Waals surface area contributed by atoms with Gasteiger partial charge in [-0.2, -0.15) is 4.98 Å². The lowest BCUT2D eigenvalue weighted by Gasteiger charge is -2.25. The smallest absolute Gasteiger partial charge is 0.301 e. The maximum atomic E-state index is 14.7. The molecule has 0 amide bonds. The van der Waals surface area contributed by atoms with Crippen LogP contribution >= 0.6 is 27.5 Å². The molecule has 1 aliphatic heterocycles. The molecule has 0 saturated heterocycles. The number of nitrogens with one attached hydrogen (secondary N) is 2. The van der Waals surface area contributed by atoms with E-state index in [-0.39, 0.29) is 22.6 Å². The van der Waals surface area contributed by atoms with Crippen molar-refractivity contribution in [3.05, 3.63) is 44.5 Å².